The minimum absolute atomic E-state index is 0.623. The average Bonchev–Trinajstić information content (AvgIpc) is 2.84. The van der Waals surface area contributed by atoms with Gasteiger partial charge in [-0.15, -0.1) is 0 Å². The molecule has 102 valence electrons. The zero-order valence-electron chi connectivity index (χ0n) is 11.5. The summed E-state index contributed by atoms with van der Waals surface area (Å²) >= 11 is 0. The fourth-order valence-electron chi connectivity index (χ4n) is 2.92. The van der Waals surface area contributed by atoms with E-state index in [0.29, 0.717) is 5.56 Å². The summed E-state index contributed by atoms with van der Waals surface area (Å²) in [6.07, 6.45) is 0.731. The molecule has 1 atom stereocenters. The van der Waals surface area contributed by atoms with Gasteiger partial charge in [0.2, 0.25) is 0 Å². The Morgan fingerprint density at radius 3 is 2.60 bits per heavy atom. The van der Waals surface area contributed by atoms with Crippen molar-refractivity contribution in [3.63, 3.8) is 0 Å². The second-order valence-corrected chi connectivity index (χ2v) is 5.23. The summed E-state index contributed by atoms with van der Waals surface area (Å²) < 4.78 is 4.72. The molecule has 3 heteroatoms. The summed E-state index contributed by atoms with van der Waals surface area (Å²) in [5, 5.41) is 10.5. The molecule has 1 unspecified atom stereocenters. The lowest BCUT2D eigenvalue weighted by atomic mass is 9.89. The molecule has 0 radical (unpaired) electrons. The topological polar surface area (TPSA) is 46.5 Å². The number of hydrogen-bond donors (Lipinski definition) is 1. The molecule has 2 aromatic rings. The maximum atomic E-state index is 11.8. The van der Waals surface area contributed by atoms with E-state index in [0.717, 1.165) is 17.5 Å². The molecule has 0 fully saturated rings. The lowest BCUT2D eigenvalue weighted by Gasteiger charge is -2.23. The predicted molar refractivity (Wildman–Crippen MR) is 76.3 cm³/mol. The molecule has 20 heavy (non-hydrogen) atoms. The molecule has 0 bridgehead atoms. The molecule has 1 aliphatic carbocycles. The Bertz CT molecular complexity index is 686. The molecule has 1 N–H and O–H groups in total. The Labute approximate surface area is 117 Å². The quantitative estimate of drug-likeness (QED) is 0.727. The van der Waals surface area contributed by atoms with Crippen molar-refractivity contribution in [3.8, 4) is 11.1 Å². The van der Waals surface area contributed by atoms with Crippen LogP contribution < -0.4 is 0 Å². The van der Waals surface area contributed by atoms with Crippen molar-refractivity contribution < 1.29 is 14.6 Å². The largest absolute Gasteiger partial charge is 0.467 e. The maximum Gasteiger partial charge on any atom is 0.342 e. The first-order valence-electron chi connectivity index (χ1n) is 6.57. The molecule has 0 aromatic heterocycles. The van der Waals surface area contributed by atoms with Crippen molar-refractivity contribution in [2.75, 3.05) is 7.11 Å². The number of fused-ring (bicyclic) bond motifs is 3. The third kappa shape index (κ3) is 1.74. The van der Waals surface area contributed by atoms with E-state index in [-0.39, 0.29) is 0 Å². The highest BCUT2D eigenvalue weighted by atomic mass is 16.5. The van der Waals surface area contributed by atoms with Gasteiger partial charge in [-0.3, -0.25) is 0 Å². The van der Waals surface area contributed by atoms with E-state index in [1.807, 2.05) is 24.3 Å². The molecule has 0 spiro atoms. The molecule has 3 rings (SSSR count). The van der Waals surface area contributed by atoms with E-state index < -0.39 is 11.6 Å². The van der Waals surface area contributed by atoms with E-state index in [1.54, 1.807) is 6.07 Å². The standard InChI is InChI=1S/C17H16O3/c1-17(19,16(18)20-2)15-9-5-8-13-12-7-4-3-6-11(12)10-14(13)15/h3-9,19H,10H2,1-2H3. The summed E-state index contributed by atoms with van der Waals surface area (Å²) in [4.78, 5) is 11.8. The fraction of sp³-hybridized carbons (Fsp3) is 0.235. The summed E-state index contributed by atoms with van der Waals surface area (Å²) in [6.45, 7) is 1.48. The zero-order valence-corrected chi connectivity index (χ0v) is 11.5. The van der Waals surface area contributed by atoms with Crippen LogP contribution in [-0.4, -0.2) is 18.2 Å². The van der Waals surface area contributed by atoms with Crippen LogP contribution >= 0.6 is 0 Å². The normalized spacial score (nSPS) is 15.2. The molecule has 0 amide bonds. The minimum Gasteiger partial charge on any atom is -0.467 e. The molecule has 2 aromatic carbocycles. The number of aliphatic hydroxyl groups is 1. The summed E-state index contributed by atoms with van der Waals surface area (Å²) in [5.41, 5.74) is 3.48. The summed E-state index contributed by atoms with van der Waals surface area (Å²) in [6, 6.07) is 13.8. The number of hydrogen-bond acceptors (Lipinski definition) is 3. The maximum absolute atomic E-state index is 11.8. The van der Waals surface area contributed by atoms with Gasteiger partial charge in [-0.05, 0) is 41.2 Å². The van der Waals surface area contributed by atoms with Gasteiger partial charge < -0.3 is 9.84 Å². The molecule has 0 heterocycles. The van der Waals surface area contributed by atoms with Gasteiger partial charge in [0, 0.05) is 0 Å². The number of esters is 1. The minimum atomic E-state index is -1.62. The van der Waals surface area contributed by atoms with Crippen molar-refractivity contribution in [3.05, 3.63) is 59.2 Å². The van der Waals surface area contributed by atoms with Crippen molar-refractivity contribution in [1.82, 2.24) is 0 Å². The SMILES string of the molecule is COC(=O)C(C)(O)c1cccc2c1Cc1ccccc1-2. The third-order valence-corrected chi connectivity index (χ3v) is 3.96. The van der Waals surface area contributed by atoms with Crippen molar-refractivity contribution in [1.29, 1.82) is 0 Å². The van der Waals surface area contributed by atoms with E-state index in [2.05, 4.69) is 12.1 Å². The molecule has 3 nitrogen and oxygen atoms in total. The van der Waals surface area contributed by atoms with E-state index >= 15 is 0 Å². The van der Waals surface area contributed by atoms with Crippen LogP contribution in [0.25, 0.3) is 11.1 Å². The van der Waals surface area contributed by atoms with Crippen LogP contribution in [0.5, 0.6) is 0 Å². The van der Waals surface area contributed by atoms with Gasteiger partial charge in [-0.2, -0.15) is 0 Å². The number of ether oxygens (including phenoxy) is 1. The number of methoxy groups -OCH3 is 1. The van der Waals surface area contributed by atoms with Crippen LogP contribution in [0.4, 0.5) is 0 Å². The van der Waals surface area contributed by atoms with Crippen molar-refractivity contribution >= 4 is 5.97 Å². The first kappa shape index (κ1) is 12.9. The Hall–Kier alpha value is -2.13. The highest BCUT2D eigenvalue weighted by Gasteiger charge is 2.37. The van der Waals surface area contributed by atoms with Crippen LogP contribution in [0.2, 0.25) is 0 Å². The lowest BCUT2D eigenvalue weighted by molar-refractivity contribution is -0.161. The predicted octanol–water partition coefficient (Wildman–Crippen LogP) is 2.64. The molecular formula is C17H16O3. The molecule has 0 saturated heterocycles. The summed E-state index contributed by atoms with van der Waals surface area (Å²) in [7, 11) is 1.29. The lowest BCUT2D eigenvalue weighted by Crippen LogP contribution is -2.34. The van der Waals surface area contributed by atoms with E-state index in [4.69, 9.17) is 4.74 Å². The smallest absolute Gasteiger partial charge is 0.342 e. The first-order chi connectivity index (χ1) is 9.55. The van der Waals surface area contributed by atoms with Crippen LogP contribution in [0.1, 0.15) is 23.6 Å². The second kappa shape index (κ2) is 4.46. The van der Waals surface area contributed by atoms with Crippen molar-refractivity contribution in [2.45, 2.75) is 18.9 Å². The van der Waals surface area contributed by atoms with E-state index in [1.165, 1.54) is 25.2 Å². The van der Waals surface area contributed by atoms with Gasteiger partial charge in [-0.25, -0.2) is 4.79 Å². The Kier molecular flexibility index (Phi) is 2.87. The fourth-order valence-corrected chi connectivity index (χ4v) is 2.92. The third-order valence-electron chi connectivity index (χ3n) is 3.96. The van der Waals surface area contributed by atoms with Gasteiger partial charge in [0.15, 0.2) is 5.60 Å². The molecular weight excluding hydrogens is 252 g/mol. The first-order valence-corrected chi connectivity index (χ1v) is 6.57. The van der Waals surface area contributed by atoms with Crippen molar-refractivity contribution in [2.24, 2.45) is 0 Å². The van der Waals surface area contributed by atoms with Gasteiger partial charge >= 0.3 is 5.97 Å². The Balaban J connectivity index is 2.17. The van der Waals surface area contributed by atoms with Gasteiger partial charge in [0.25, 0.3) is 0 Å². The Morgan fingerprint density at radius 1 is 1.15 bits per heavy atom. The zero-order chi connectivity index (χ0) is 14.3. The number of carbonyl (C=O) groups is 1. The van der Waals surface area contributed by atoms with Gasteiger partial charge in [0.1, 0.15) is 0 Å². The number of rotatable bonds is 2. The number of carbonyl (C=O) groups excluding carboxylic acids is 1. The number of benzene rings is 2. The second-order valence-electron chi connectivity index (χ2n) is 5.23. The van der Waals surface area contributed by atoms with Crippen LogP contribution in [0, 0.1) is 0 Å². The van der Waals surface area contributed by atoms with Crippen LogP contribution in [0.3, 0.4) is 0 Å². The van der Waals surface area contributed by atoms with Gasteiger partial charge in [0.05, 0.1) is 7.11 Å². The molecule has 0 saturated carbocycles. The van der Waals surface area contributed by atoms with E-state index in [9.17, 15) is 9.90 Å². The van der Waals surface area contributed by atoms with Gasteiger partial charge in [-0.1, -0.05) is 42.5 Å². The van der Waals surface area contributed by atoms with Crippen LogP contribution in [-0.2, 0) is 21.6 Å². The highest BCUT2D eigenvalue weighted by molar-refractivity contribution is 5.85. The monoisotopic (exact) mass is 268 g/mol. The highest BCUT2D eigenvalue weighted by Crippen LogP contribution is 2.41. The molecule has 0 aliphatic heterocycles. The Morgan fingerprint density at radius 2 is 1.85 bits per heavy atom. The molecule has 1 aliphatic rings. The summed E-state index contributed by atoms with van der Waals surface area (Å²) in [5.74, 6) is -0.637. The average molecular weight is 268 g/mol. The van der Waals surface area contributed by atoms with Crippen LogP contribution in [0.15, 0.2) is 42.5 Å².